The maximum Gasteiger partial charge on any atom is 0.408 e. The molecule has 1 unspecified atom stereocenters. The van der Waals surface area contributed by atoms with Gasteiger partial charge in [-0.15, -0.1) is 0 Å². The van der Waals surface area contributed by atoms with Crippen LogP contribution in [0.5, 0.6) is 0 Å². The number of nitrogens with zero attached hydrogens (tertiary/aromatic N) is 3. The molecule has 0 bridgehead atoms. The molecule has 1 atom stereocenters. The number of carbonyl (C=O) groups excluding carboxylic acids is 1. The van der Waals surface area contributed by atoms with Gasteiger partial charge in [-0.3, -0.25) is 4.79 Å². The van der Waals surface area contributed by atoms with Gasteiger partial charge in [-0.1, -0.05) is 18.5 Å². The predicted octanol–water partition coefficient (Wildman–Crippen LogP) is 2.31. The molecule has 1 rings (SSSR count). The van der Waals surface area contributed by atoms with E-state index < -0.39 is 16.8 Å². The normalized spacial score (nSPS) is 13.1. The highest BCUT2D eigenvalue weighted by Gasteiger charge is 2.28. The summed E-state index contributed by atoms with van der Waals surface area (Å²) in [6.45, 7) is 7.36. The second-order valence-corrected chi connectivity index (χ2v) is 5.35. The SMILES string of the molecule is CCC(C)(C)NC(=O)C(C)n1cc(Cl)c([N+](=O)[O-])n1. The van der Waals surface area contributed by atoms with E-state index in [9.17, 15) is 14.9 Å². The van der Waals surface area contributed by atoms with Crippen molar-refractivity contribution < 1.29 is 9.72 Å². The first-order valence-corrected chi connectivity index (χ1v) is 6.27. The number of nitro groups is 1. The second-order valence-electron chi connectivity index (χ2n) is 4.94. The van der Waals surface area contributed by atoms with Crippen LogP contribution in [-0.2, 0) is 4.79 Å². The minimum absolute atomic E-state index is 0.0839. The van der Waals surface area contributed by atoms with E-state index in [1.165, 1.54) is 10.9 Å². The number of amides is 1. The largest absolute Gasteiger partial charge is 0.408 e. The summed E-state index contributed by atoms with van der Waals surface area (Å²) < 4.78 is 1.20. The standard InChI is InChI=1S/C11H17ClN4O3/c1-5-11(3,4)13-10(17)7(2)15-6-8(12)9(14-15)16(18)19/h6-7H,5H2,1-4H3,(H,13,17). The van der Waals surface area contributed by atoms with E-state index in [1.807, 2.05) is 20.8 Å². The number of hydrogen-bond acceptors (Lipinski definition) is 4. The van der Waals surface area contributed by atoms with Crippen LogP contribution < -0.4 is 5.32 Å². The van der Waals surface area contributed by atoms with Crippen molar-refractivity contribution in [3.8, 4) is 0 Å². The van der Waals surface area contributed by atoms with E-state index in [0.29, 0.717) is 0 Å². The van der Waals surface area contributed by atoms with Crippen LogP contribution in [-0.4, -0.2) is 26.1 Å². The molecular weight excluding hydrogens is 272 g/mol. The molecular formula is C11H17ClN4O3. The number of nitrogens with one attached hydrogen (secondary N) is 1. The van der Waals surface area contributed by atoms with Gasteiger partial charge in [0.05, 0.1) is 11.3 Å². The van der Waals surface area contributed by atoms with Gasteiger partial charge < -0.3 is 15.4 Å². The molecule has 1 aromatic heterocycles. The van der Waals surface area contributed by atoms with Crippen LogP contribution in [0, 0.1) is 10.1 Å². The monoisotopic (exact) mass is 288 g/mol. The summed E-state index contributed by atoms with van der Waals surface area (Å²) in [6, 6.07) is -0.669. The zero-order valence-electron chi connectivity index (χ0n) is 11.3. The highest BCUT2D eigenvalue weighted by atomic mass is 35.5. The summed E-state index contributed by atoms with van der Waals surface area (Å²) in [5.74, 6) is -0.711. The topological polar surface area (TPSA) is 90.1 Å². The van der Waals surface area contributed by atoms with Crippen molar-refractivity contribution in [2.75, 3.05) is 0 Å². The Kier molecular flexibility index (Phi) is 4.52. The van der Waals surface area contributed by atoms with Crippen molar-refractivity contribution >= 4 is 23.3 Å². The molecule has 0 radical (unpaired) electrons. The van der Waals surface area contributed by atoms with E-state index in [2.05, 4.69) is 10.4 Å². The Morgan fingerprint density at radius 1 is 1.68 bits per heavy atom. The number of halogens is 1. The highest BCUT2D eigenvalue weighted by molar-refractivity contribution is 6.32. The van der Waals surface area contributed by atoms with Crippen molar-refractivity contribution in [1.29, 1.82) is 0 Å². The first-order chi connectivity index (χ1) is 8.68. The molecule has 19 heavy (non-hydrogen) atoms. The summed E-state index contributed by atoms with van der Waals surface area (Å²) >= 11 is 5.69. The summed E-state index contributed by atoms with van der Waals surface area (Å²) in [5, 5.41) is 17.1. The van der Waals surface area contributed by atoms with Crippen LogP contribution in [0.1, 0.15) is 40.2 Å². The molecule has 0 spiro atoms. The van der Waals surface area contributed by atoms with Gasteiger partial charge in [-0.2, -0.15) is 4.68 Å². The van der Waals surface area contributed by atoms with E-state index in [1.54, 1.807) is 6.92 Å². The molecule has 0 aliphatic heterocycles. The minimum atomic E-state index is -0.681. The zero-order chi connectivity index (χ0) is 14.8. The Morgan fingerprint density at radius 3 is 2.68 bits per heavy atom. The van der Waals surface area contributed by atoms with Gasteiger partial charge in [0, 0.05) is 5.54 Å². The molecule has 1 heterocycles. The third-order valence-electron chi connectivity index (χ3n) is 2.96. The van der Waals surface area contributed by atoms with Crippen LogP contribution in [0.4, 0.5) is 5.82 Å². The fourth-order valence-corrected chi connectivity index (χ4v) is 1.54. The number of hydrogen-bond donors (Lipinski definition) is 1. The Hall–Kier alpha value is -1.63. The van der Waals surface area contributed by atoms with Crippen molar-refractivity contribution in [1.82, 2.24) is 15.1 Å². The first kappa shape index (κ1) is 15.4. The lowest BCUT2D eigenvalue weighted by molar-refractivity contribution is -0.389. The predicted molar refractivity (Wildman–Crippen MR) is 71.1 cm³/mol. The molecule has 0 aromatic carbocycles. The maximum absolute atomic E-state index is 12.0. The fourth-order valence-electron chi connectivity index (χ4n) is 1.33. The zero-order valence-corrected chi connectivity index (χ0v) is 12.1. The highest BCUT2D eigenvalue weighted by Crippen LogP contribution is 2.23. The van der Waals surface area contributed by atoms with Gasteiger partial charge in [0.2, 0.25) is 5.91 Å². The van der Waals surface area contributed by atoms with Gasteiger partial charge in [-0.05, 0) is 32.1 Å². The molecule has 1 N–H and O–H groups in total. The molecule has 0 saturated heterocycles. The van der Waals surface area contributed by atoms with Crippen molar-refractivity contribution in [3.63, 3.8) is 0 Å². The average molecular weight is 289 g/mol. The van der Waals surface area contributed by atoms with Crippen LogP contribution in [0.15, 0.2) is 6.20 Å². The van der Waals surface area contributed by atoms with Gasteiger partial charge in [0.1, 0.15) is 6.04 Å². The van der Waals surface area contributed by atoms with Crippen molar-refractivity contribution in [2.24, 2.45) is 0 Å². The van der Waals surface area contributed by atoms with E-state index in [0.717, 1.165) is 6.42 Å². The van der Waals surface area contributed by atoms with E-state index in [-0.39, 0.29) is 16.5 Å². The van der Waals surface area contributed by atoms with E-state index in [4.69, 9.17) is 11.6 Å². The molecule has 1 aromatic rings. The number of carbonyl (C=O) groups is 1. The van der Waals surface area contributed by atoms with Crippen molar-refractivity contribution in [3.05, 3.63) is 21.3 Å². The Morgan fingerprint density at radius 2 is 2.26 bits per heavy atom. The molecule has 0 aliphatic rings. The van der Waals surface area contributed by atoms with Crippen LogP contribution in [0.25, 0.3) is 0 Å². The van der Waals surface area contributed by atoms with Gasteiger partial charge in [0.15, 0.2) is 5.02 Å². The Labute approximate surface area is 116 Å². The summed E-state index contributed by atoms with van der Waals surface area (Å²) in [6.07, 6.45) is 2.05. The van der Waals surface area contributed by atoms with Crippen LogP contribution >= 0.6 is 11.6 Å². The molecule has 8 heteroatoms. The average Bonchev–Trinajstić information content (AvgIpc) is 2.69. The Balaban J connectivity index is 2.89. The molecule has 0 aliphatic carbocycles. The van der Waals surface area contributed by atoms with Crippen LogP contribution in [0.2, 0.25) is 5.02 Å². The number of rotatable bonds is 5. The third kappa shape index (κ3) is 3.66. The smallest absolute Gasteiger partial charge is 0.358 e. The van der Waals surface area contributed by atoms with E-state index >= 15 is 0 Å². The van der Waals surface area contributed by atoms with Gasteiger partial charge >= 0.3 is 5.82 Å². The number of aromatic nitrogens is 2. The lowest BCUT2D eigenvalue weighted by Crippen LogP contribution is -2.45. The third-order valence-corrected chi connectivity index (χ3v) is 3.23. The molecule has 0 fully saturated rings. The first-order valence-electron chi connectivity index (χ1n) is 5.89. The summed E-state index contributed by atoms with van der Waals surface area (Å²) in [4.78, 5) is 22.0. The quantitative estimate of drug-likeness (QED) is 0.665. The van der Waals surface area contributed by atoms with Crippen LogP contribution in [0.3, 0.4) is 0 Å². The molecule has 106 valence electrons. The van der Waals surface area contributed by atoms with Crippen molar-refractivity contribution in [2.45, 2.75) is 45.7 Å². The van der Waals surface area contributed by atoms with Gasteiger partial charge in [0.25, 0.3) is 0 Å². The summed E-state index contributed by atoms with van der Waals surface area (Å²) in [5.41, 5.74) is -0.339. The lowest BCUT2D eigenvalue weighted by atomic mass is 10.0. The molecule has 0 saturated carbocycles. The maximum atomic E-state index is 12.0. The van der Waals surface area contributed by atoms with Gasteiger partial charge in [-0.25, -0.2) is 0 Å². The second kappa shape index (κ2) is 5.56. The molecule has 1 amide bonds. The fraction of sp³-hybridized carbons (Fsp3) is 0.636. The molecule has 7 nitrogen and oxygen atoms in total. The lowest BCUT2D eigenvalue weighted by Gasteiger charge is -2.25. The Bertz CT molecular complexity index is 498. The summed E-state index contributed by atoms with van der Waals surface area (Å²) in [7, 11) is 0. The minimum Gasteiger partial charge on any atom is -0.358 e.